The molecular weight excluding hydrogens is 389 g/mol. The molecule has 3 rings (SSSR count). The fourth-order valence-electron chi connectivity index (χ4n) is 3.50. The Kier molecular flexibility index (Phi) is 6.21. The Bertz CT molecular complexity index is 756. The van der Waals surface area contributed by atoms with Gasteiger partial charge in [-0.2, -0.15) is 13.2 Å². The van der Waals surface area contributed by atoms with E-state index in [9.17, 15) is 22.8 Å². The van der Waals surface area contributed by atoms with Crippen molar-refractivity contribution in [3.05, 3.63) is 23.8 Å². The highest BCUT2D eigenvalue weighted by molar-refractivity contribution is 5.93. The molecule has 0 saturated carbocycles. The predicted molar refractivity (Wildman–Crippen MR) is 102 cm³/mol. The minimum atomic E-state index is -4.50. The average Bonchev–Trinajstić information content (AvgIpc) is 3.21. The summed E-state index contributed by atoms with van der Waals surface area (Å²) in [4.78, 5) is 29.8. The standard InChI is InChI=1S/C19H25F3N4O3/c1-24(2)15-6-5-13(19(20,21)22)12-14(15)23-18(28)26-9-7-25(8-10-26)17(27)16-4-3-11-29-16/h5-6,12,16H,3-4,7-11H2,1-2H3,(H,23,28). The number of carbonyl (C=O) groups excluding carboxylic acids is 2. The fraction of sp³-hybridized carbons (Fsp3) is 0.579. The van der Waals surface area contributed by atoms with Crippen molar-refractivity contribution in [2.75, 3.05) is 57.1 Å². The molecular formula is C19H25F3N4O3. The second-order valence-corrected chi connectivity index (χ2v) is 7.37. The highest BCUT2D eigenvalue weighted by atomic mass is 19.4. The molecule has 2 aliphatic rings. The molecule has 160 valence electrons. The van der Waals surface area contributed by atoms with Gasteiger partial charge in [-0.25, -0.2) is 4.79 Å². The first kappa shape index (κ1) is 21.2. The smallest absolute Gasteiger partial charge is 0.376 e. The third-order valence-electron chi connectivity index (χ3n) is 5.13. The Labute approximate surface area is 167 Å². The van der Waals surface area contributed by atoms with Crippen LogP contribution in [0.5, 0.6) is 0 Å². The van der Waals surface area contributed by atoms with Crippen LogP contribution in [-0.2, 0) is 15.7 Å². The van der Waals surface area contributed by atoms with E-state index in [-0.39, 0.29) is 11.6 Å². The number of nitrogens with one attached hydrogen (secondary N) is 1. The molecule has 2 aliphatic heterocycles. The van der Waals surface area contributed by atoms with Gasteiger partial charge in [0.2, 0.25) is 0 Å². The van der Waals surface area contributed by atoms with Crippen molar-refractivity contribution in [1.82, 2.24) is 9.80 Å². The number of carbonyl (C=O) groups is 2. The van der Waals surface area contributed by atoms with Gasteiger partial charge in [0.05, 0.1) is 16.9 Å². The van der Waals surface area contributed by atoms with E-state index in [0.717, 1.165) is 18.6 Å². The molecule has 1 atom stereocenters. The molecule has 1 aromatic rings. The summed E-state index contributed by atoms with van der Waals surface area (Å²) in [5, 5.41) is 2.59. The minimum absolute atomic E-state index is 0.0599. The van der Waals surface area contributed by atoms with Gasteiger partial charge in [0, 0.05) is 46.9 Å². The molecule has 1 unspecified atom stereocenters. The zero-order valence-electron chi connectivity index (χ0n) is 16.5. The zero-order valence-corrected chi connectivity index (χ0v) is 16.5. The SMILES string of the molecule is CN(C)c1ccc(C(F)(F)F)cc1NC(=O)N1CCN(C(=O)C2CCCO2)CC1. The quantitative estimate of drug-likeness (QED) is 0.826. The number of piperazine rings is 1. The summed E-state index contributed by atoms with van der Waals surface area (Å²) in [5.41, 5.74) is -0.267. The molecule has 0 bridgehead atoms. The highest BCUT2D eigenvalue weighted by Crippen LogP contribution is 2.35. The number of halogens is 3. The van der Waals surface area contributed by atoms with Crippen LogP contribution in [-0.4, -0.2) is 74.7 Å². The molecule has 2 fully saturated rings. The summed E-state index contributed by atoms with van der Waals surface area (Å²) >= 11 is 0. The van der Waals surface area contributed by atoms with Gasteiger partial charge in [-0.05, 0) is 31.0 Å². The van der Waals surface area contributed by atoms with E-state index in [0.29, 0.717) is 44.9 Å². The zero-order chi connectivity index (χ0) is 21.2. The van der Waals surface area contributed by atoms with Gasteiger partial charge in [0.25, 0.3) is 5.91 Å². The van der Waals surface area contributed by atoms with Gasteiger partial charge in [-0.3, -0.25) is 4.79 Å². The molecule has 0 aliphatic carbocycles. The van der Waals surface area contributed by atoms with Crippen molar-refractivity contribution < 1.29 is 27.5 Å². The molecule has 29 heavy (non-hydrogen) atoms. The maximum atomic E-state index is 13.1. The molecule has 0 radical (unpaired) electrons. The predicted octanol–water partition coefficient (Wildman–Crippen LogP) is 2.63. The normalized spacial score (nSPS) is 20.0. The number of benzene rings is 1. The summed E-state index contributed by atoms with van der Waals surface area (Å²) in [5.74, 6) is -0.0599. The molecule has 2 heterocycles. The van der Waals surface area contributed by atoms with E-state index >= 15 is 0 Å². The van der Waals surface area contributed by atoms with E-state index in [1.54, 1.807) is 23.9 Å². The number of hydrogen-bond donors (Lipinski definition) is 1. The van der Waals surface area contributed by atoms with Gasteiger partial charge >= 0.3 is 12.2 Å². The summed E-state index contributed by atoms with van der Waals surface area (Å²) in [7, 11) is 3.38. The van der Waals surface area contributed by atoms with Gasteiger partial charge in [0.1, 0.15) is 6.10 Å². The summed E-state index contributed by atoms with van der Waals surface area (Å²) in [6.07, 6.45) is -3.33. The number of urea groups is 1. The lowest BCUT2D eigenvalue weighted by Crippen LogP contribution is -2.53. The second-order valence-electron chi connectivity index (χ2n) is 7.37. The topological polar surface area (TPSA) is 65.1 Å². The van der Waals surface area contributed by atoms with Crippen molar-refractivity contribution in [2.24, 2.45) is 0 Å². The number of ether oxygens (including phenoxy) is 1. The van der Waals surface area contributed by atoms with E-state index in [1.807, 2.05) is 0 Å². The molecule has 2 saturated heterocycles. The number of rotatable bonds is 3. The van der Waals surface area contributed by atoms with E-state index in [1.165, 1.54) is 11.0 Å². The van der Waals surface area contributed by atoms with Gasteiger partial charge < -0.3 is 24.8 Å². The van der Waals surface area contributed by atoms with Crippen LogP contribution in [0.3, 0.4) is 0 Å². The lowest BCUT2D eigenvalue weighted by Gasteiger charge is -2.36. The molecule has 10 heteroatoms. The van der Waals surface area contributed by atoms with Crippen molar-refractivity contribution in [3.8, 4) is 0 Å². The number of alkyl halides is 3. The molecule has 1 N–H and O–H groups in total. The second kappa shape index (κ2) is 8.48. The van der Waals surface area contributed by atoms with Crippen molar-refractivity contribution >= 4 is 23.3 Å². The average molecular weight is 414 g/mol. The number of anilines is 2. The lowest BCUT2D eigenvalue weighted by atomic mass is 10.1. The van der Waals surface area contributed by atoms with Crippen LogP contribution in [0, 0.1) is 0 Å². The monoisotopic (exact) mass is 414 g/mol. The van der Waals surface area contributed by atoms with Gasteiger partial charge in [0.15, 0.2) is 0 Å². The van der Waals surface area contributed by atoms with Crippen molar-refractivity contribution in [2.45, 2.75) is 25.1 Å². The largest absolute Gasteiger partial charge is 0.416 e. The summed E-state index contributed by atoms with van der Waals surface area (Å²) in [6.45, 7) is 1.94. The lowest BCUT2D eigenvalue weighted by molar-refractivity contribution is -0.142. The Morgan fingerprint density at radius 2 is 1.79 bits per heavy atom. The van der Waals surface area contributed by atoms with Crippen LogP contribution in [0.25, 0.3) is 0 Å². The van der Waals surface area contributed by atoms with Crippen LogP contribution >= 0.6 is 0 Å². The Balaban J connectivity index is 1.64. The molecule has 0 spiro atoms. The van der Waals surface area contributed by atoms with Crippen LogP contribution < -0.4 is 10.2 Å². The first-order valence-corrected chi connectivity index (χ1v) is 9.51. The van der Waals surface area contributed by atoms with E-state index in [4.69, 9.17) is 4.74 Å². The number of hydrogen-bond acceptors (Lipinski definition) is 4. The van der Waals surface area contributed by atoms with E-state index < -0.39 is 23.9 Å². The van der Waals surface area contributed by atoms with Gasteiger partial charge in [-0.15, -0.1) is 0 Å². The fourth-order valence-corrected chi connectivity index (χ4v) is 3.50. The maximum absolute atomic E-state index is 13.1. The Morgan fingerprint density at radius 3 is 2.34 bits per heavy atom. The number of amides is 3. The summed E-state index contributed by atoms with van der Waals surface area (Å²) < 4.78 is 44.6. The first-order chi connectivity index (χ1) is 13.7. The minimum Gasteiger partial charge on any atom is -0.376 e. The first-order valence-electron chi connectivity index (χ1n) is 9.51. The van der Waals surface area contributed by atoms with Crippen LogP contribution in [0.2, 0.25) is 0 Å². The third-order valence-corrected chi connectivity index (χ3v) is 5.13. The van der Waals surface area contributed by atoms with Crippen LogP contribution in [0.4, 0.5) is 29.3 Å². The number of nitrogens with zero attached hydrogens (tertiary/aromatic N) is 3. The molecule has 1 aromatic carbocycles. The van der Waals surface area contributed by atoms with Crippen molar-refractivity contribution in [3.63, 3.8) is 0 Å². The maximum Gasteiger partial charge on any atom is 0.416 e. The third kappa shape index (κ3) is 4.92. The van der Waals surface area contributed by atoms with Crippen LogP contribution in [0.15, 0.2) is 18.2 Å². The molecule has 0 aromatic heterocycles. The summed E-state index contributed by atoms with van der Waals surface area (Å²) in [6, 6.07) is 2.76. The van der Waals surface area contributed by atoms with E-state index in [2.05, 4.69) is 5.32 Å². The molecule has 3 amide bonds. The van der Waals surface area contributed by atoms with Crippen molar-refractivity contribution in [1.29, 1.82) is 0 Å². The Hall–Kier alpha value is -2.49. The van der Waals surface area contributed by atoms with Crippen LogP contribution in [0.1, 0.15) is 18.4 Å². The Morgan fingerprint density at radius 1 is 1.14 bits per heavy atom. The van der Waals surface area contributed by atoms with Gasteiger partial charge in [-0.1, -0.05) is 0 Å². The molecule has 7 nitrogen and oxygen atoms in total. The highest BCUT2D eigenvalue weighted by Gasteiger charge is 2.33.